The number of aliphatic imine (C=N–C) groups is 1. The number of amidine groups is 1. The zero-order chi connectivity index (χ0) is 21.1. The molecule has 1 aromatic carbocycles. The highest BCUT2D eigenvalue weighted by atomic mass is 35.5. The highest BCUT2D eigenvalue weighted by molar-refractivity contribution is 6.33. The second-order valence-electron chi connectivity index (χ2n) is 7.78. The highest BCUT2D eigenvalue weighted by Crippen LogP contribution is 2.25. The van der Waals surface area contributed by atoms with Gasteiger partial charge in [0.2, 0.25) is 0 Å². The van der Waals surface area contributed by atoms with Crippen LogP contribution in [0.15, 0.2) is 23.2 Å². The quantitative estimate of drug-likeness (QED) is 0.506. The van der Waals surface area contributed by atoms with Gasteiger partial charge in [0.15, 0.2) is 5.82 Å². The number of H-pyrrole nitrogens is 1. The molecule has 10 heteroatoms. The molecule has 2 aliphatic heterocycles. The fraction of sp³-hybridized carbons (Fsp3) is 0.500. The molecule has 3 heterocycles. The van der Waals surface area contributed by atoms with E-state index in [1.165, 1.54) is 0 Å². The third kappa shape index (κ3) is 4.83. The lowest BCUT2D eigenvalue weighted by Crippen LogP contribution is -2.50. The Balaban J connectivity index is 1.47. The number of rotatable bonds is 6. The van der Waals surface area contributed by atoms with Crippen molar-refractivity contribution in [3.05, 3.63) is 45.5 Å². The van der Waals surface area contributed by atoms with Crippen molar-refractivity contribution in [2.45, 2.75) is 37.8 Å². The van der Waals surface area contributed by atoms with Gasteiger partial charge in [-0.05, 0) is 49.7 Å². The van der Waals surface area contributed by atoms with E-state index in [-0.39, 0.29) is 6.04 Å². The van der Waals surface area contributed by atoms with Crippen LogP contribution in [0.2, 0.25) is 10.0 Å². The second-order valence-corrected chi connectivity index (χ2v) is 8.62. The molecule has 1 unspecified atom stereocenters. The highest BCUT2D eigenvalue weighted by Gasteiger charge is 2.29. The molecule has 2 aliphatic rings. The van der Waals surface area contributed by atoms with Crippen LogP contribution in [0.3, 0.4) is 0 Å². The lowest BCUT2D eigenvalue weighted by atomic mass is 9.97. The average Bonchev–Trinajstić information content (AvgIpc) is 3.24. The molecule has 160 valence electrons. The van der Waals surface area contributed by atoms with Gasteiger partial charge in [0, 0.05) is 35.5 Å². The third-order valence-corrected chi connectivity index (χ3v) is 6.34. The summed E-state index contributed by atoms with van der Waals surface area (Å²) in [5.74, 6) is 2.19. The van der Waals surface area contributed by atoms with E-state index in [1.54, 1.807) is 12.1 Å². The Labute approximate surface area is 185 Å². The first-order chi connectivity index (χ1) is 14.5. The molecular formula is C20H26Cl2N8. The molecular weight excluding hydrogens is 423 g/mol. The third-order valence-electron chi connectivity index (χ3n) is 5.74. The summed E-state index contributed by atoms with van der Waals surface area (Å²) in [6.45, 7) is 3.90. The number of nitrogens with two attached hydrogens (primary N) is 1. The SMILES string of the molecule is N=C(CC1C(N)=NCCN1Cc1cc(Cl)ccc1Cl)c1n[nH]c(C2CCNCC2)n1. The summed E-state index contributed by atoms with van der Waals surface area (Å²) in [5, 5.41) is 20.6. The number of piperidine rings is 1. The van der Waals surface area contributed by atoms with Gasteiger partial charge >= 0.3 is 0 Å². The van der Waals surface area contributed by atoms with Crippen molar-refractivity contribution in [1.29, 1.82) is 5.41 Å². The Morgan fingerprint density at radius 1 is 1.27 bits per heavy atom. The summed E-state index contributed by atoms with van der Waals surface area (Å²) in [7, 11) is 0. The van der Waals surface area contributed by atoms with Crippen LogP contribution in [0.1, 0.15) is 42.4 Å². The van der Waals surface area contributed by atoms with Crippen molar-refractivity contribution in [2.24, 2.45) is 10.7 Å². The smallest absolute Gasteiger partial charge is 0.194 e. The number of hydrogen-bond acceptors (Lipinski definition) is 7. The first kappa shape index (κ1) is 21.2. The van der Waals surface area contributed by atoms with E-state index in [9.17, 15) is 0 Å². The maximum atomic E-state index is 8.59. The van der Waals surface area contributed by atoms with Crippen LogP contribution in [-0.4, -0.2) is 63.8 Å². The minimum absolute atomic E-state index is 0.206. The predicted octanol–water partition coefficient (Wildman–Crippen LogP) is 2.58. The molecule has 1 saturated heterocycles. The van der Waals surface area contributed by atoms with Crippen molar-refractivity contribution in [2.75, 3.05) is 26.2 Å². The molecule has 0 radical (unpaired) electrons. The number of hydrogen-bond donors (Lipinski definition) is 4. The molecule has 0 saturated carbocycles. The number of aromatic amines is 1. The summed E-state index contributed by atoms with van der Waals surface area (Å²) in [5.41, 5.74) is 7.51. The van der Waals surface area contributed by atoms with Crippen molar-refractivity contribution >= 4 is 34.7 Å². The van der Waals surface area contributed by atoms with Crippen molar-refractivity contribution < 1.29 is 0 Å². The Hall–Kier alpha value is -2.00. The van der Waals surface area contributed by atoms with Gasteiger partial charge in [-0.15, -0.1) is 0 Å². The van der Waals surface area contributed by atoms with Crippen LogP contribution in [0.25, 0.3) is 0 Å². The summed E-state index contributed by atoms with van der Waals surface area (Å²) in [4.78, 5) is 11.2. The van der Waals surface area contributed by atoms with Crippen LogP contribution in [0, 0.1) is 5.41 Å². The first-order valence-corrected chi connectivity index (χ1v) is 11.0. The van der Waals surface area contributed by atoms with Crippen molar-refractivity contribution in [3.8, 4) is 0 Å². The number of nitrogens with zero attached hydrogens (tertiary/aromatic N) is 4. The number of aromatic nitrogens is 3. The largest absolute Gasteiger partial charge is 0.386 e. The fourth-order valence-corrected chi connectivity index (χ4v) is 4.41. The molecule has 1 aromatic heterocycles. The molecule has 4 rings (SSSR count). The van der Waals surface area contributed by atoms with Crippen molar-refractivity contribution in [1.82, 2.24) is 25.4 Å². The van der Waals surface area contributed by atoms with Gasteiger partial charge in [-0.1, -0.05) is 23.2 Å². The van der Waals surface area contributed by atoms with Crippen molar-refractivity contribution in [3.63, 3.8) is 0 Å². The van der Waals surface area contributed by atoms with Crippen LogP contribution in [-0.2, 0) is 6.54 Å². The van der Waals surface area contributed by atoms with E-state index in [0.29, 0.717) is 52.8 Å². The van der Waals surface area contributed by atoms with Gasteiger partial charge in [0.25, 0.3) is 0 Å². The molecule has 30 heavy (non-hydrogen) atoms. The Morgan fingerprint density at radius 2 is 2.07 bits per heavy atom. The lowest BCUT2D eigenvalue weighted by molar-refractivity contribution is 0.231. The topological polar surface area (TPSA) is 119 Å². The van der Waals surface area contributed by atoms with Crippen LogP contribution in [0.5, 0.6) is 0 Å². The Kier molecular flexibility index (Phi) is 6.67. The zero-order valence-corrected chi connectivity index (χ0v) is 18.2. The van der Waals surface area contributed by atoms with Crippen LogP contribution >= 0.6 is 23.2 Å². The van der Waals surface area contributed by atoms with E-state index < -0.39 is 0 Å². The lowest BCUT2D eigenvalue weighted by Gasteiger charge is -2.34. The average molecular weight is 449 g/mol. The summed E-state index contributed by atoms with van der Waals surface area (Å²) in [6, 6.07) is 5.24. The van der Waals surface area contributed by atoms with Gasteiger partial charge < -0.3 is 16.5 Å². The molecule has 0 amide bonds. The minimum Gasteiger partial charge on any atom is -0.386 e. The van der Waals surface area contributed by atoms with E-state index in [0.717, 1.165) is 43.9 Å². The number of benzene rings is 1. The number of nitrogens with one attached hydrogen (secondary N) is 3. The molecule has 0 spiro atoms. The maximum absolute atomic E-state index is 8.59. The summed E-state index contributed by atoms with van der Waals surface area (Å²) in [6.07, 6.45) is 2.44. The van der Waals surface area contributed by atoms with Gasteiger partial charge in [0.1, 0.15) is 11.7 Å². The predicted molar refractivity (Wildman–Crippen MR) is 120 cm³/mol. The maximum Gasteiger partial charge on any atom is 0.194 e. The van der Waals surface area contributed by atoms with E-state index in [2.05, 4.69) is 30.4 Å². The van der Waals surface area contributed by atoms with Gasteiger partial charge in [-0.3, -0.25) is 15.0 Å². The Morgan fingerprint density at radius 3 is 2.87 bits per heavy atom. The Bertz CT molecular complexity index is 935. The molecule has 5 N–H and O–H groups in total. The molecule has 8 nitrogen and oxygen atoms in total. The standard InChI is InChI=1S/C20H26Cl2N8/c21-14-1-2-15(22)13(9-14)11-30-8-7-26-18(24)17(30)10-16(23)20-27-19(28-29-20)12-3-5-25-6-4-12/h1-2,9,12,17,23,25H,3-8,10-11H2,(H2,24,26)(H,27,28,29). The van der Waals surface area contributed by atoms with Gasteiger partial charge in [-0.2, -0.15) is 5.10 Å². The van der Waals surface area contributed by atoms with E-state index in [1.807, 2.05) is 6.07 Å². The van der Waals surface area contributed by atoms with E-state index in [4.69, 9.17) is 34.3 Å². The van der Waals surface area contributed by atoms with Crippen LogP contribution in [0.4, 0.5) is 0 Å². The minimum atomic E-state index is -0.206. The molecule has 2 aromatic rings. The van der Waals surface area contributed by atoms with Crippen LogP contribution < -0.4 is 11.1 Å². The molecule has 0 bridgehead atoms. The summed E-state index contributed by atoms with van der Waals surface area (Å²) < 4.78 is 0. The van der Waals surface area contributed by atoms with Gasteiger partial charge in [-0.25, -0.2) is 4.98 Å². The molecule has 0 aliphatic carbocycles. The first-order valence-electron chi connectivity index (χ1n) is 10.2. The summed E-state index contributed by atoms with van der Waals surface area (Å²) >= 11 is 12.5. The normalized spacial score (nSPS) is 20.9. The molecule has 1 atom stereocenters. The van der Waals surface area contributed by atoms with E-state index >= 15 is 0 Å². The monoisotopic (exact) mass is 448 g/mol. The fourth-order valence-electron chi connectivity index (χ4n) is 4.03. The molecule has 1 fully saturated rings. The zero-order valence-electron chi connectivity index (χ0n) is 16.7. The number of halogens is 2. The second kappa shape index (κ2) is 9.43. The van der Waals surface area contributed by atoms with Gasteiger partial charge in [0.05, 0.1) is 18.3 Å².